The minimum Gasteiger partial charge on any atom is -0.506 e. The van der Waals surface area contributed by atoms with E-state index in [9.17, 15) is 9.90 Å². The second-order valence-corrected chi connectivity index (χ2v) is 4.77. The maximum Gasteiger partial charge on any atom is 0.186 e. The second-order valence-electron chi connectivity index (χ2n) is 4.77. The average molecular weight is 262 g/mol. The Hall–Kier alpha value is -2.81. The number of benzene rings is 3. The molecular weight excluding hydrogens is 252 g/mol. The molecule has 0 aliphatic carbocycles. The molecular formula is C17H10O3. The summed E-state index contributed by atoms with van der Waals surface area (Å²) in [6, 6.07) is 15.9. The third-order valence-electron chi connectivity index (χ3n) is 3.56. The molecule has 0 amide bonds. The molecule has 1 aromatic heterocycles. The van der Waals surface area contributed by atoms with Crippen LogP contribution in [0.25, 0.3) is 32.7 Å². The molecule has 3 aromatic carbocycles. The van der Waals surface area contributed by atoms with E-state index in [-0.39, 0.29) is 11.2 Å². The molecule has 0 fully saturated rings. The molecule has 1 N–H and O–H groups in total. The summed E-state index contributed by atoms with van der Waals surface area (Å²) < 4.78 is 5.81. The van der Waals surface area contributed by atoms with E-state index in [4.69, 9.17) is 4.42 Å². The van der Waals surface area contributed by atoms with Gasteiger partial charge in [0, 0.05) is 5.39 Å². The lowest BCUT2D eigenvalue weighted by atomic mass is 10.1. The van der Waals surface area contributed by atoms with Crippen molar-refractivity contribution in [1.29, 1.82) is 0 Å². The van der Waals surface area contributed by atoms with Gasteiger partial charge in [-0.1, -0.05) is 24.3 Å². The molecule has 0 aliphatic rings. The van der Waals surface area contributed by atoms with Crippen molar-refractivity contribution in [1.82, 2.24) is 0 Å². The summed E-state index contributed by atoms with van der Waals surface area (Å²) in [5.41, 5.74) is 1.13. The summed E-state index contributed by atoms with van der Waals surface area (Å²) in [5.74, 6) is 0.145. The number of fused-ring (bicyclic) bond motifs is 3. The number of aromatic hydroxyl groups is 1. The molecule has 0 bridgehead atoms. The van der Waals surface area contributed by atoms with Crippen LogP contribution in [0.3, 0.4) is 0 Å². The largest absolute Gasteiger partial charge is 0.506 e. The topological polar surface area (TPSA) is 50.4 Å². The van der Waals surface area contributed by atoms with Crippen LogP contribution in [0.1, 0.15) is 0 Å². The lowest BCUT2D eigenvalue weighted by Crippen LogP contribution is -1.97. The summed E-state index contributed by atoms with van der Waals surface area (Å²) in [5, 5.41) is 13.0. The summed E-state index contributed by atoms with van der Waals surface area (Å²) in [6.07, 6.45) is 0. The van der Waals surface area contributed by atoms with Crippen LogP contribution in [0.2, 0.25) is 0 Å². The minimum atomic E-state index is -0.0584. The van der Waals surface area contributed by atoms with Gasteiger partial charge in [-0.25, -0.2) is 0 Å². The van der Waals surface area contributed by atoms with Crippen LogP contribution in [0.15, 0.2) is 63.8 Å². The molecule has 0 radical (unpaired) electrons. The summed E-state index contributed by atoms with van der Waals surface area (Å²) in [6.45, 7) is 0. The van der Waals surface area contributed by atoms with Crippen molar-refractivity contribution in [3.05, 3.63) is 64.8 Å². The van der Waals surface area contributed by atoms with Crippen LogP contribution < -0.4 is 5.43 Å². The number of rotatable bonds is 0. The van der Waals surface area contributed by atoms with E-state index in [1.807, 2.05) is 24.3 Å². The van der Waals surface area contributed by atoms with E-state index in [1.54, 1.807) is 24.3 Å². The maximum atomic E-state index is 11.9. The molecule has 3 heteroatoms. The van der Waals surface area contributed by atoms with E-state index >= 15 is 0 Å². The highest BCUT2D eigenvalue weighted by atomic mass is 16.3. The molecule has 0 saturated heterocycles. The van der Waals surface area contributed by atoms with Crippen molar-refractivity contribution in [2.75, 3.05) is 0 Å². The van der Waals surface area contributed by atoms with Crippen LogP contribution in [0.5, 0.6) is 5.75 Å². The molecule has 0 aliphatic heterocycles. The molecule has 20 heavy (non-hydrogen) atoms. The molecule has 0 spiro atoms. The van der Waals surface area contributed by atoms with Gasteiger partial charge in [0.05, 0.1) is 10.8 Å². The molecule has 0 unspecified atom stereocenters. The number of hydrogen-bond donors (Lipinski definition) is 1. The molecule has 0 saturated carbocycles. The molecule has 4 aromatic rings. The first kappa shape index (κ1) is 11.1. The highest BCUT2D eigenvalue weighted by Crippen LogP contribution is 2.35. The van der Waals surface area contributed by atoms with Gasteiger partial charge < -0.3 is 9.52 Å². The quantitative estimate of drug-likeness (QED) is 0.490. The van der Waals surface area contributed by atoms with Gasteiger partial charge in [0.25, 0.3) is 0 Å². The maximum absolute atomic E-state index is 11.9. The predicted molar refractivity (Wildman–Crippen MR) is 79.2 cm³/mol. The zero-order chi connectivity index (χ0) is 13.7. The molecule has 3 nitrogen and oxygen atoms in total. The highest BCUT2D eigenvalue weighted by Gasteiger charge is 2.10. The van der Waals surface area contributed by atoms with Gasteiger partial charge in [0.1, 0.15) is 16.9 Å². The van der Waals surface area contributed by atoms with Crippen molar-refractivity contribution in [3.63, 3.8) is 0 Å². The van der Waals surface area contributed by atoms with Crippen molar-refractivity contribution in [2.24, 2.45) is 0 Å². The standard InChI is InChI=1S/C17H10O3/c18-14-6-3-4-10-8-16-13(9-12(10)14)17(19)11-5-1-2-7-15(11)20-16/h1-9,19H. The predicted octanol–water partition coefficient (Wildman–Crippen LogP) is 3.81. The van der Waals surface area contributed by atoms with Crippen LogP contribution in [0, 0.1) is 0 Å². The van der Waals surface area contributed by atoms with Crippen LogP contribution in [-0.2, 0) is 0 Å². The Morgan fingerprint density at radius 1 is 0.800 bits per heavy atom. The number of hydrogen-bond acceptors (Lipinski definition) is 3. The van der Waals surface area contributed by atoms with Crippen molar-refractivity contribution < 1.29 is 9.52 Å². The van der Waals surface area contributed by atoms with Crippen LogP contribution in [0.4, 0.5) is 0 Å². The monoisotopic (exact) mass is 262 g/mol. The Morgan fingerprint density at radius 3 is 2.55 bits per heavy atom. The Kier molecular flexibility index (Phi) is 2.12. The normalized spacial score (nSPS) is 11.4. The van der Waals surface area contributed by atoms with Gasteiger partial charge in [0.15, 0.2) is 5.43 Å². The summed E-state index contributed by atoms with van der Waals surface area (Å²) in [7, 11) is 0. The fourth-order valence-electron chi connectivity index (χ4n) is 2.56. The first-order chi connectivity index (χ1) is 9.74. The zero-order valence-corrected chi connectivity index (χ0v) is 10.5. The van der Waals surface area contributed by atoms with E-state index < -0.39 is 0 Å². The highest BCUT2D eigenvalue weighted by molar-refractivity contribution is 6.04. The van der Waals surface area contributed by atoms with Crippen molar-refractivity contribution in [2.45, 2.75) is 0 Å². The zero-order valence-electron chi connectivity index (χ0n) is 10.5. The van der Waals surface area contributed by atoms with Crippen molar-refractivity contribution >= 4 is 32.7 Å². The SMILES string of the molecule is O=c1cccc2cc3oc4ccccc4c(O)c3cc12. The van der Waals surface area contributed by atoms with Crippen LogP contribution >= 0.6 is 0 Å². The third-order valence-corrected chi connectivity index (χ3v) is 3.56. The Morgan fingerprint density at radius 2 is 1.65 bits per heavy atom. The molecule has 4 rings (SSSR count). The Bertz CT molecular complexity index is 1030. The van der Waals surface area contributed by atoms with Gasteiger partial charge in [-0.3, -0.25) is 4.79 Å². The van der Waals surface area contributed by atoms with E-state index in [0.29, 0.717) is 27.3 Å². The van der Waals surface area contributed by atoms with Gasteiger partial charge in [0.2, 0.25) is 0 Å². The summed E-state index contributed by atoms with van der Waals surface area (Å²) in [4.78, 5) is 11.9. The first-order valence-corrected chi connectivity index (χ1v) is 6.31. The van der Waals surface area contributed by atoms with Gasteiger partial charge >= 0.3 is 0 Å². The average Bonchev–Trinajstić information content (AvgIpc) is 2.47. The van der Waals surface area contributed by atoms with Crippen molar-refractivity contribution in [3.8, 4) is 5.75 Å². The Labute approximate surface area is 113 Å². The van der Waals surface area contributed by atoms with Gasteiger partial charge in [-0.2, -0.15) is 0 Å². The fraction of sp³-hybridized carbons (Fsp3) is 0. The van der Waals surface area contributed by atoms with E-state index in [2.05, 4.69) is 0 Å². The van der Waals surface area contributed by atoms with Gasteiger partial charge in [-0.15, -0.1) is 0 Å². The van der Waals surface area contributed by atoms with E-state index in [0.717, 1.165) is 5.39 Å². The summed E-state index contributed by atoms with van der Waals surface area (Å²) >= 11 is 0. The number of para-hydroxylation sites is 1. The Balaban J connectivity index is 2.29. The molecule has 0 atom stereocenters. The lowest BCUT2D eigenvalue weighted by Gasteiger charge is -2.06. The first-order valence-electron chi connectivity index (χ1n) is 6.31. The van der Waals surface area contributed by atoms with E-state index in [1.165, 1.54) is 6.07 Å². The van der Waals surface area contributed by atoms with Gasteiger partial charge in [-0.05, 0) is 35.7 Å². The fourth-order valence-corrected chi connectivity index (χ4v) is 2.56. The molecule has 1 heterocycles. The second kappa shape index (κ2) is 3.84. The third kappa shape index (κ3) is 1.43. The van der Waals surface area contributed by atoms with Crippen LogP contribution in [-0.4, -0.2) is 5.11 Å². The lowest BCUT2D eigenvalue weighted by molar-refractivity contribution is 0.484. The molecule has 96 valence electrons. The minimum absolute atomic E-state index is 0.0584. The smallest absolute Gasteiger partial charge is 0.186 e.